The van der Waals surface area contributed by atoms with Crippen LogP contribution in [0.15, 0.2) is 182 Å². The van der Waals surface area contributed by atoms with Crippen molar-refractivity contribution in [3.8, 4) is 44.3 Å². The monoisotopic (exact) mass is 714 g/mol. The summed E-state index contributed by atoms with van der Waals surface area (Å²) >= 11 is 1.83. The smallest absolute Gasteiger partial charge is 0.160 e. The Labute approximate surface area is 320 Å². The Morgan fingerprint density at radius 3 is 1.49 bits per heavy atom. The molecule has 2 heterocycles. The van der Waals surface area contributed by atoms with Crippen LogP contribution in [0.1, 0.15) is 0 Å². The number of benzene rings is 9. The first kappa shape index (κ1) is 30.5. The van der Waals surface area contributed by atoms with Gasteiger partial charge in [-0.3, -0.25) is 0 Å². The molecule has 12 aromatic rings. The average Bonchev–Trinajstić information content (AvgIpc) is 3.69. The molecule has 0 N–H and O–H groups in total. The van der Waals surface area contributed by atoms with Crippen LogP contribution in [0.4, 0.5) is 0 Å². The fourth-order valence-corrected chi connectivity index (χ4v) is 9.89. The van der Waals surface area contributed by atoms with Gasteiger partial charge in [0.25, 0.3) is 0 Å². The van der Waals surface area contributed by atoms with Crippen LogP contribution in [0.2, 0.25) is 0 Å². The number of nitrogens with zero attached hydrogens (tertiary/aromatic N) is 2. The van der Waals surface area contributed by atoms with Gasteiger partial charge in [0, 0.05) is 26.3 Å². The van der Waals surface area contributed by atoms with E-state index in [-0.39, 0.29) is 0 Å². The summed E-state index contributed by atoms with van der Waals surface area (Å²) in [6.45, 7) is 0. The van der Waals surface area contributed by atoms with Crippen LogP contribution >= 0.6 is 11.3 Å². The average molecular weight is 715 g/mol. The Hall–Kier alpha value is -6.94. The van der Waals surface area contributed by atoms with E-state index in [0.717, 1.165) is 28.1 Å². The zero-order valence-electron chi connectivity index (χ0n) is 29.6. The topological polar surface area (TPSA) is 25.8 Å². The van der Waals surface area contributed by atoms with Crippen LogP contribution in [0.25, 0.3) is 119 Å². The number of hydrogen-bond acceptors (Lipinski definition) is 3. The van der Waals surface area contributed by atoms with Gasteiger partial charge in [-0.05, 0) is 106 Å². The van der Waals surface area contributed by atoms with Gasteiger partial charge >= 0.3 is 0 Å². The van der Waals surface area contributed by atoms with Gasteiger partial charge in [0.1, 0.15) is 0 Å². The second-order valence-corrected chi connectivity index (χ2v) is 15.6. The lowest BCUT2D eigenvalue weighted by Gasteiger charge is -2.17. The first-order valence-electron chi connectivity index (χ1n) is 18.7. The number of hydrogen-bond donors (Lipinski definition) is 0. The van der Waals surface area contributed by atoms with E-state index in [1.54, 1.807) is 0 Å². The Bertz CT molecular complexity index is 3430. The Morgan fingerprint density at radius 2 is 0.836 bits per heavy atom. The maximum Gasteiger partial charge on any atom is 0.160 e. The molecule has 12 rings (SSSR count). The Balaban J connectivity index is 1.13. The summed E-state index contributed by atoms with van der Waals surface area (Å²) in [5, 5.41) is 16.5. The maximum absolute atomic E-state index is 5.30. The lowest BCUT2D eigenvalue weighted by molar-refractivity contribution is 1.18. The fourth-order valence-electron chi connectivity index (χ4n) is 8.82. The van der Waals surface area contributed by atoms with Gasteiger partial charge in [-0.15, -0.1) is 11.3 Å². The van der Waals surface area contributed by atoms with Gasteiger partial charge in [-0.1, -0.05) is 152 Å². The van der Waals surface area contributed by atoms with Gasteiger partial charge in [-0.2, -0.15) is 0 Å². The van der Waals surface area contributed by atoms with Crippen molar-refractivity contribution in [2.75, 3.05) is 0 Å². The first-order valence-corrected chi connectivity index (χ1v) is 19.5. The van der Waals surface area contributed by atoms with E-state index < -0.39 is 0 Å². The van der Waals surface area contributed by atoms with Gasteiger partial charge in [0.05, 0.1) is 11.4 Å². The summed E-state index contributed by atoms with van der Waals surface area (Å²) in [7, 11) is 0. The molecule has 10 aromatic carbocycles. The van der Waals surface area contributed by atoms with Crippen LogP contribution in [0.5, 0.6) is 0 Å². The van der Waals surface area contributed by atoms with Crippen molar-refractivity contribution in [2.24, 2.45) is 0 Å². The molecule has 2 aromatic heterocycles. The predicted octanol–water partition coefficient (Wildman–Crippen LogP) is 14.7. The molecule has 0 unspecified atom stereocenters. The summed E-state index contributed by atoms with van der Waals surface area (Å²) < 4.78 is 1.30. The van der Waals surface area contributed by atoms with Crippen molar-refractivity contribution in [3.63, 3.8) is 0 Å². The minimum Gasteiger partial charge on any atom is -0.228 e. The van der Waals surface area contributed by atoms with E-state index in [0.29, 0.717) is 5.82 Å². The van der Waals surface area contributed by atoms with Gasteiger partial charge in [0.15, 0.2) is 5.82 Å². The van der Waals surface area contributed by atoms with Gasteiger partial charge in [0.2, 0.25) is 0 Å². The number of rotatable bonds is 4. The minimum absolute atomic E-state index is 0.714. The quantitative estimate of drug-likeness (QED) is 0.170. The number of fused-ring (bicyclic) bond motifs is 3. The third kappa shape index (κ3) is 4.73. The van der Waals surface area contributed by atoms with E-state index in [1.165, 1.54) is 85.2 Å². The predicted molar refractivity (Wildman–Crippen MR) is 235 cm³/mol. The van der Waals surface area contributed by atoms with Gasteiger partial charge in [-0.25, -0.2) is 9.97 Å². The molecule has 0 fully saturated rings. The van der Waals surface area contributed by atoms with E-state index in [9.17, 15) is 0 Å². The number of aromatic nitrogens is 2. The lowest BCUT2D eigenvalue weighted by atomic mass is 9.87. The molecular weight excluding hydrogens is 685 g/mol. The highest BCUT2D eigenvalue weighted by Crippen LogP contribution is 2.44. The van der Waals surface area contributed by atoms with Crippen molar-refractivity contribution in [1.82, 2.24) is 9.97 Å². The molecule has 254 valence electrons. The van der Waals surface area contributed by atoms with Crippen LogP contribution < -0.4 is 0 Å². The number of thiophene rings is 1. The highest BCUT2D eigenvalue weighted by molar-refractivity contribution is 7.22. The van der Waals surface area contributed by atoms with Crippen LogP contribution in [0.3, 0.4) is 0 Å². The summed E-state index contributed by atoms with van der Waals surface area (Å²) in [5.41, 5.74) is 6.13. The second-order valence-electron chi connectivity index (χ2n) is 14.5. The van der Waals surface area contributed by atoms with E-state index in [2.05, 4.69) is 176 Å². The summed E-state index contributed by atoms with van der Waals surface area (Å²) in [6, 6.07) is 66.3. The van der Waals surface area contributed by atoms with Gasteiger partial charge < -0.3 is 0 Å². The van der Waals surface area contributed by atoms with Crippen LogP contribution in [-0.2, 0) is 0 Å². The Kier molecular flexibility index (Phi) is 6.54. The molecule has 0 saturated heterocycles. The third-order valence-electron chi connectivity index (χ3n) is 11.4. The molecule has 3 heteroatoms. The first-order chi connectivity index (χ1) is 27.2. The standard InChI is InChI=1S/C52H30N2S/c1-2-9-36(10-3-1)52-53-44(31-19-21-32(22-20-31)47-29-37-11-4-5-18-46(37)55-47)30-45(54-52)39-27-38-26-25-35-13-7-16-41-40-15-6-12-33-23-24-34-14-8-17-42(50(34)48(33)40)43(28-39)51(38)49(35)41/h1-30H. The largest absolute Gasteiger partial charge is 0.228 e. The zero-order valence-corrected chi connectivity index (χ0v) is 30.4. The second kappa shape index (κ2) is 11.8. The van der Waals surface area contributed by atoms with Crippen molar-refractivity contribution < 1.29 is 0 Å². The molecule has 0 saturated carbocycles. The van der Waals surface area contributed by atoms with Crippen LogP contribution in [0, 0.1) is 0 Å². The minimum atomic E-state index is 0.714. The molecule has 0 amide bonds. The van der Waals surface area contributed by atoms with Crippen LogP contribution in [-0.4, -0.2) is 9.97 Å². The molecule has 2 nitrogen and oxygen atoms in total. The third-order valence-corrected chi connectivity index (χ3v) is 12.5. The molecule has 0 radical (unpaired) electrons. The Morgan fingerprint density at radius 1 is 0.309 bits per heavy atom. The van der Waals surface area contributed by atoms with Crippen molar-refractivity contribution in [2.45, 2.75) is 0 Å². The fraction of sp³-hybridized carbons (Fsp3) is 0. The highest BCUT2D eigenvalue weighted by atomic mass is 32.1. The molecule has 0 atom stereocenters. The normalized spacial score (nSPS) is 12.0. The SMILES string of the molecule is c1ccc(-c2nc(-c3ccc(-c4cc5ccccc5s4)cc3)cc(-c3cc4ccc5cccc6c7cccc8ccc9cccc(c(c3)c4c56)c9c87)n2)cc1. The molecular formula is C52H30N2S. The zero-order chi connectivity index (χ0) is 36.0. The molecule has 0 spiro atoms. The molecule has 0 aliphatic heterocycles. The van der Waals surface area contributed by atoms with Crippen molar-refractivity contribution >= 4 is 86.1 Å². The maximum atomic E-state index is 5.30. The summed E-state index contributed by atoms with van der Waals surface area (Å²) in [4.78, 5) is 11.8. The lowest BCUT2D eigenvalue weighted by Crippen LogP contribution is -1.96. The molecule has 0 aliphatic carbocycles. The highest BCUT2D eigenvalue weighted by Gasteiger charge is 2.18. The summed E-state index contributed by atoms with van der Waals surface area (Å²) in [6.07, 6.45) is 0. The van der Waals surface area contributed by atoms with Crippen molar-refractivity contribution in [1.29, 1.82) is 0 Å². The molecule has 55 heavy (non-hydrogen) atoms. The molecule has 0 aliphatic rings. The molecule has 0 bridgehead atoms. The van der Waals surface area contributed by atoms with Crippen molar-refractivity contribution in [3.05, 3.63) is 182 Å². The van der Waals surface area contributed by atoms with E-state index in [4.69, 9.17) is 9.97 Å². The summed E-state index contributed by atoms with van der Waals surface area (Å²) in [5.74, 6) is 0.714. The van der Waals surface area contributed by atoms with E-state index in [1.807, 2.05) is 17.4 Å². The van der Waals surface area contributed by atoms with E-state index >= 15 is 0 Å².